The van der Waals surface area contributed by atoms with E-state index in [1.807, 2.05) is 6.07 Å². The monoisotopic (exact) mass is 307 g/mol. The summed E-state index contributed by atoms with van der Waals surface area (Å²) in [5, 5.41) is 13.5. The van der Waals surface area contributed by atoms with Crippen LogP contribution >= 0.6 is 0 Å². The number of rotatable bonds is 8. The number of aryl methyl sites for hydroxylation is 1. The molecule has 0 bridgehead atoms. The first kappa shape index (κ1) is 17.3. The van der Waals surface area contributed by atoms with Gasteiger partial charge in [0.05, 0.1) is 19.8 Å². The molecule has 0 aliphatic heterocycles. The maximum absolute atomic E-state index is 10.0. The highest BCUT2D eigenvalue weighted by molar-refractivity contribution is 5.39. The lowest BCUT2D eigenvalue weighted by molar-refractivity contribution is 0.0247. The Bertz CT molecular complexity index is 462. The molecule has 2 atom stereocenters. The standard InChI is InChI=1S/C18H29NO3/c1-13(2)11-22-12-15(20)10-19-18-6-4-5-14-9-16(21-3)7-8-17(14)18/h7-9,13,15,18-20H,4-6,10-12H2,1-3H3. The summed E-state index contributed by atoms with van der Waals surface area (Å²) < 4.78 is 10.8. The number of methoxy groups -OCH3 is 1. The number of hydrogen-bond acceptors (Lipinski definition) is 4. The molecule has 4 heteroatoms. The van der Waals surface area contributed by atoms with Crippen molar-refractivity contribution in [2.24, 2.45) is 5.92 Å². The quantitative estimate of drug-likeness (QED) is 0.775. The van der Waals surface area contributed by atoms with Gasteiger partial charge in [-0.25, -0.2) is 0 Å². The summed E-state index contributed by atoms with van der Waals surface area (Å²) in [4.78, 5) is 0. The summed E-state index contributed by atoms with van der Waals surface area (Å²) in [6.07, 6.45) is 2.92. The molecule has 0 saturated heterocycles. The van der Waals surface area contributed by atoms with Gasteiger partial charge in [0.2, 0.25) is 0 Å². The zero-order valence-corrected chi connectivity index (χ0v) is 14.0. The molecule has 124 valence electrons. The summed E-state index contributed by atoms with van der Waals surface area (Å²) in [5.41, 5.74) is 2.69. The first-order valence-electron chi connectivity index (χ1n) is 8.26. The number of aliphatic hydroxyl groups excluding tert-OH is 1. The van der Waals surface area contributed by atoms with Crippen molar-refractivity contribution >= 4 is 0 Å². The van der Waals surface area contributed by atoms with Crippen LogP contribution in [0.25, 0.3) is 0 Å². The summed E-state index contributed by atoms with van der Waals surface area (Å²) in [6.45, 7) is 5.88. The average Bonchev–Trinajstić information content (AvgIpc) is 2.51. The molecule has 0 spiro atoms. The van der Waals surface area contributed by atoms with Gasteiger partial charge in [0.15, 0.2) is 0 Å². The van der Waals surface area contributed by atoms with E-state index in [1.54, 1.807) is 7.11 Å². The SMILES string of the molecule is COc1ccc2c(c1)CCCC2NCC(O)COCC(C)C. The maximum atomic E-state index is 10.0. The number of aliphatic hydroxyl groups is 1. The van der Waals surface area contributed by atoms with Gasteiger partial charge in [-0.1, -0.05) is 19.9 Å². The summed E-state index contributed by atoms with van der Waals surface area (Å²) in [6, 6.07) is 6.60. The molecule has 4 nitrogen and oxygen atoms in total. The third kappa shape index (κ3) is 4.97. The van der Waals surface area contributed by atoms with E-state index in [0.29, 0.717) is 31.7 Å². The Morgan fingerprint density at radius 1 is 1.32 bits per heavy atom. The van der Waals surface area contributed by atoms with Crippen molar-refractivity contribution in [1.29, 1.82) is 0 Å². The molecule has 2 N–H and O–H groups in total. The van der Waals surface area contributed by atoms with E-state index >= 15 is 0 Å². The molecule has 1 aromatic carbocycles. The predicted octanol–water partition coefficient (Wildman–Crippen LogP) is 2.70. The van der Waals surface area contributed by atoms with Gasteiger partial charge in [-0.05, 0) is 48.4 Å². The topological polar surface area (TPSA) is 50.7 Å². The molecule has 0 aromatic heterocycles. The summed E-state index contributed by atoms with van der Waals surface area (Å²) >= 11 is 0. The second-order valence-electron chi connectivity index (χ2n) is 6.50. The summed E-state index contributed by atoms with van der Waals surface area (Å²) in [7, 11) is 1.70. The molecular formula is C18H29NO3. The van der Waals surface area contributed by atoms with E-state index in [0.717, 1.165) is 25.0 Å². The van der Waals surface area contributed by atoms with Gasteiger partial charge in [-0.3, -0.25) is 0 Å². The van der Waals surface area contributed by atoms with Gasteiger partial charge in [-0.15, -0.1) is 0 Å². The lowest BCUT2D eigenvalue weighted by atomic mass is 9.87. The Balaban J connectivity index is 1.84. The van der Waals surface area contributed by atoms with Crippen LogP contribution in [0.3, 0.4) is 0 Å². The third-order valence-electron chi connectivity index (χ3n) is 4.03. The molecule has 1 aliphatic carbocycles. The van der Waals surface area contributed by atoms with E-state index in [2.05, 4.69) is 31.3 Å². The van der Waals surface area contributed by atoms with E-state index in [9.17, 15) is 5.11 Å². The first-order chi connectivity index (χ1) is 10.6. The van der Waals surface area contributed by atoms with Crippen molar-refractivity contribution in [2.75, 3.05) is 26.9 Å². The van der Waals surface area contributed by atoms with Crippen LogP contribution in [-0.2, 0) is 11.2 Å². The van der Waals surface area contributed by atoms with Crippen LogP contribution in [-0.4, -0.2) is 38.1 Å². The zero-order valence-electron chi connectivity index (χ0n) is 14.0. The number of nitrogens with one attached hydrogen (secondary N) is 1. The minimum atomic E-state index is -0.456. The highest BCUT2D eigenvalue weighted by Gasteiger charge is 2.21. The van der Waals surface area contributed by atoms with Crippen LogP contribution in [0.5, 0.6) is 5.75 Å². The smallest absolute Gasteiger partial charge is 0.119 e. The fourth-order valence-electron chi connectivity index (χ4n) is 2.91. The molecule has 2 unspecified atom stereocenters. The molecular weight excluding hydrogens is 278 g/mol. The average molecular weight is 307 g/mol. The molecule has 0 saturated carbocycles. The second-order valence-corrected chi connectivity index (χ2v) is 6.50. The van der Waals surface area contributed by atoms with Gasteiger partial charge in [0.1, 0.15) is 5.75 Å². The predicted molar refractivity (Wildman–Crippen MR) is 88.3 cm³/mol. The highest BCUT2D eigenvalue weighted by atomic mass is 16.5. The van der Waals surface area contributed by atoms with Crippen LogP contribution in [0.2, 0.25) is 0 Å². The fraction of sp³-hybridized carbons (Fsp3) is 0.667. The molecule has 1 aromatic rings. The van der Waals surface area contributed by atoms with Gasteiger partial charge < -0.3 is 19.9 Å². The minimum Gasteiger partial charge on any atom is -0.497 e. The van der Waals surface area contributed by atoms with Crippen LogP contribution < -0.4 is 10.1 Å². The Kier molecular flexibility index (Phi) is 6.68. The van der Waals surface area contributed by atoms with Gasteiger partial charge in [0, 0.05) is 19.2 Å². The Hall–Kier alpha value is -1.10. The third-order valence-corrected chi connectivity index (χ3v) is 4.03. The lowest BCUT2D eigenvalue weighted by Gasteiger charge is -2.28. The highest BCUT2D eigenvalue weighted by Crippen LogP contribution is 2.32. The van der Waals surface area contributed by atoms with Crippen molar-refractivity contribution in [2.45, 2.75) is 45.3 Å². The van der Waals surface area contributed by atoms with Crippen LogP contribution in [0, 0.1) is 5.92 Å². The van der Waals surface area contributed by atoms with Crippen LogP contribution in [0.15, 0.2) is 18.2 Å². The number of fused-ring (bicyclic) bond motifs is 1. The van der Waals surface area contributed by atoms with E-state index in [4.69, 9.17) is 9.47 Å². The van der Waals surface area contributed by atoms with Crippen molar-refractivity contribution in [3.8, 4) is 5.75 Å². The van der Waals surface area contributed by atoms with Gasteiger partial charge >= 0.3 is 0 Å². The first-order valence-corrected chi connectivity index (χ1v) is 8.26. The molecule has 0 fully saturated rings. The van der Waals surface area contributed by atoms with Crippen LogP contribution in [0.4, 0.5) is 0 Å². The van der Waals surface area contributed by atoms with Crippen molar-refractivity contribution in [3.63, 3.8) is 0 Å². The summed E-state index contributed by atoms with van der Waals surface area (Å²) in [5.74, 6) is 1.42. The largest absolute Gasteiger partial charge is 0.497 e. The van der Waals surface area contributed by atoms with E-state index in [-0.39, 0.29) is 0 Å². The molecule has 2 rings (SSSR count). The molecule has 0 heterocycles. The number of ether oxygens (including phenoxy) is 2. The molecule has 1 aliphatic rings. The molecule has 0 amide bonds. The van der Waals surface area contributed by atoms with Gasteiger partial charge in [-0.2, -0.15) is 0 Å². The van der Waals surface area contributed by atoms with Crippen molar-refractivity contribution < 1.29 is 14.6 Å². The Labute approximate surface area is 133 Å². The zero-order chi connectivity index (χ0) is 15.9. The second kappa shape index (κ2) is 8.51. The fourth-order valence-corrected chi connectivity index (χ4v) is 2.91. The Morgan fingerprint density at radius 2 is 2.14 bits per heavy atom. The maximum Gasteiger partial charge on any atom is 0.119 e. The van der Waals surface area contributed by atoms with E-state index in [1.165, 1.54) is 11.1 Å². The number of hydrogen-bond donors (Lipinski definition) is 2. The van der Waals surface area contributed by atoms with Crippen LogP contribution in [0.1, 0.15) is 43.9 Å². The van der Waals surface area contributed by atoms with Gasteiger partial charge in [0.25, 0.3) is 0 Å². The molecule has 22 heavy (non-hydrogen) atoms. The normalized spacial score (nSPS) is 19.0. The molecule has 0 radical (unpaired) electrons. The van der Waals surface area contributed by atoms with Crippen molar-refractivity contribution in [3.05, 3.63) is 29.3 Å². The lowest BCUT2D eigenvalue weighted by Crippen LogP contribution is -2.34. The Morgan fingerprint density at radius 3 is 2.86 bits per heavy atom. The van der Waals surface area contributed by atoms with E-state index < -0.39 is 6.10 Å². The number of benzene rings is 1. The minimum absolute atomic E-state index is 0.314. The van der Waals surface area contributed by atoms with Crippen molar-refractivity contribution in [1.82, 2.24) is 5.32 Å².